The van der Waals surface area contributed by atoms with Gasteiger partial charge in [0.1, 0.15) is 6.29 Å². The van der Waals surface area contributed by atoms with Crippen LogP contribution >= 0.6 is 0 Å². The fourth-order valence-corrected chi connectivity index (χ4v) is 1.07. The van der Waals surface area contributed by atoms with E-state index in [0.29, 0.717) is 12.8 Å². The van der Waals surface area contributed by atoms with Crippen molar-refractivity contribution in [2.45, 2.75) is 19.5 Å². The molecule has 0 aliphatic heterocycles. The predicted octanol–water partition coefficient (Wildman–Crippen LogP) is 1.07. The van der Waals surface area contributed by atoms with Crippen molar-refractivity contribution in [2.75, 3.05) is 0 Å². The number of hydrogen-bond donors (Lipinski definition) is 2. The Morgan fingerprint density at radius 3 is 2.67 bits per heavy atom. The van der Waals surface area contributed by atoms with Crippen molar-refractivity contribution >= 4 is 12.3 Å². The zero-order valence-electron chi connectivity index (χ0n) is 8.57. The Bertz CT molecular complexity index is 325. The van der Waals surface area contributed by atoms with Crippen LogP contribution in [0.1, 0.15) is 12.5 Å². The van der Waals surface area contributed by atoms with Crippen LogP contribution in [-0.4, -0.2) is 18.4 Å². The number of amides is 2. The molecule has 1 rings (SSSR count). The highest BCUT2D eigenvalue weighted by Crippen LogP contribution is 1.96. The Morgan fingerprint density at radius 1 is 1.40 bits per heavy atom. The summed E-state index contributed by atoms with van der Waals surface area (Å²) in [7, 11) is 0. The van der Waals surface area contributed by atoms with Crippen LogP contribution in [0.5, 0.6) is 0 Å². The largest absolute Gasteiger partial charge is 0.334 e. The van der Waals surface area contributed by atoms with Crippen molar-refractivity contribution in [1.82, 2.24) is 10.6 Å². The van der Waals surface area contributed by atoms with E-state index in [1.165, 1.54) is 0 Å². The Hall–Kier alpha value is -1.84. The highest BCUT2D eigenvalue weighted by atomic mass is 16.2. The molecule has 0 aromatic heterocycles. The van der Waals surface area contributed by atoms with E-state index in [1.54, 1.807) is 6.92 Å². The molecule has 15 heavy (non-hydrogen) atoms. The first kappa shape index (κ1) is 11.2. The normalized spacial score (nSPS) is 11.5. The number of benzene rings is 1. The van der Waals surface area contributed by atoms with E-state index in [9.17, 15) is 9.59 Å². The molecule has 0 fully saturated rings. The molecular weight excluding hydrogens is 192 g/mol. The van der Waals surface area contributed by atoms with Crippen molar-refractivity contribution in [2.24, 2.45) is 0 Å². The Labute approximate surface area is 88.7 Å². The van der Waals surface area contributed by atoms with Gasteiger partial charge in [-0.15, -0.1) is 0 Å². The summed E-state index contributed by atoms with van der Waals surface area (Å²) in [6.45, 7) is 2.08. The highest BCUT2D eigenvalue weighted by Gasteiger charge is 2.04. The molecule has 4 heteroatoms. The summed E-state index contributed by atoms with van der Waals surface area (Å²) < 4.78 is 0. The lowest BCUT2D eigenvalue weighted by molar-refractivity contribution is -0.109. The van der Waals surface area contributed by atoms with Crippen LogP contribution in [-0.2, 0) is 11.3 Å². The number of carbonyl (C=O) groups excluding carboxylic acids is 2. The van der Waals surface area contributed by atoms with E-state index in [0.717, 1.165) is 5.56 Å². The quantitative estimate of drug-likeness (QED) is 0.724. The van der Waals surface area contributed by atoms with E-state index < -0.39 is 6.04 Å². The van der Waals surface area contributed by atoms with Gasteiger partial charge in [-0.2, -0.15) is 0 Å². The molecule has 2 N–H and O–H groups in total. The van der Waals surface area contributed by atoms with Gasteiger partial charge in [0.05, 0.1) is 6.04 Å². The zero-order valence-corrected chi connectivity index (χ0v) is 8.57. The van der Waals surface area contributed by atoms with E-state index >= 15 is 0 Å². The first-order valence-electron chi connectivity index (χ1n) is 4.76. The number of urea groups is 1. The second-order valence-electron chi connectivity index (χ2n) is 3.24. The predicted molar refractivity (Wildman–Crippen MR) is 57.3 cm³/mol. The van der Waals surface area contributed by atoms with E-state index in [4.69, 9.17) is 0 Å². The minimum Gasteiger partial charge on any atom is -0.334 e. The van der Waals surface area contributed by atoms with Gasteiger partial charge in [-0.05, 0) is 12.5 Å². The van der Waals surface area contributed by atoms with Crippen molar-refractivity contribution < 1.29 is 9.59 Å². The second kappa shape index (κ2) is 5.80. The lowest BCUT2D eigenvalue weighted by Crippen LogP contribution is -2.41. The van der Waals surface area contributed by atoms with E-state index in [2.05, 4.69) is 10.6 Å². The molecular formula is C11H14N2O2. The summed E-state index contributed by atoms with van der Waals surface area (Å²) in [5, 5.41) is 5.14. The molecule has 0 spiro atoms. The van der Waals surface area contributed by atoms with Crippen LogP contribution in [0.2, 0.25) is 0 Å². The van der Waals surface area contributed by atoms with Gasteiger partial charge in [0.15, 0.2) is 0 Å². The van der Waals surface area contributed by atoms with Crippen molar-refractivity contribution in [3.8, 4) is 0 Å². The summed E-state index contributed by atoms with van der Waals surface area (Å²) >= 11 is 0. The minimum atomic E-state index is -0.458. The van der Waals surface area contributed by atoms with Crippen LogP contribution in [0.3, 0.4) is 0 Å². The smallest absolute Gasteiger partial charge is 0.315 e. The first-order chi connectivity index (χ1) is 7.22. The first-order valence-corrected chi connectivity index (χ1v) is 4.76. The van der Waals surface area contributed by atoms with Gasteiger partial charge in [-0.25, -0.2) is 4.79 Å². The van der Waals surface area contributed by atoms with Crippen molar-refractivity contribution in [1.29, 1.82) is 0 Å². The number of nitrogens with one attached hydrogen (secondary N) is 2. The van der Waals surface area contributed by atoms with Gasteiger partial charge in [-0.1, -0.05) is 30.3 Å². The fraction of sp³-hybridized carbons (Fsp3) is 0.273. The number of hydrogen-bond acceptors (Lipinski definition) is 2. The van der Waals surface area contributed by atoms with Gasteiger partial charge >= 0.3 is 6.03 Å². The van der Waals surface area contributed by atoms with E-state index in [1.807, 2.05) is 30.3 Å². The second-order valence-corrected chi connectivity index (χ2v) is 3.24. The SMILES string of the molecule is CC(C=O)NC(=O)NCc1ccccc1. The summed E-state index contributed by atoms with van der Waals surface area (Å²) in [5.74, 6) is 0. The van der Waals surface area contributed by atoms with Gasteiger partial charge in [0, 0.05) is 6.54 Å². The number of carbonyl (C=O) groups is 2. The summed E-state index contributed by atoms with van der Waals surface area (Å²) in [6.07, 6.45) is 0.683. The summed E-state index contributed by atoms with van der Waals surface area (Å²) in [4.78, 5) is 21.5. The van der Waals surface area contributed by atoms with Gasteiger partial charge < -0.3 is 15.4 Å². The minimum absolute atomic E-state index is 0.335. The monoisotopic (exact) mass is 206 g/mol. The molecule has 80 valence electrons. The van der Waals surface area contributed by atoms with Crippen LogP contribution in [0, 0.1) is 0 Å². The maximum Gasteiger partial charge on any atom is 0.315 e. The van der Waals surface area contributed by atoms with E-state index in [-0.39, 0.29) is 6.03 Å². The third-order valence-electron chi connectivity index (χ3n) is 1.86. The maximum atomic E-state index is 11.2. The third kappa shape index (κ3) is 4.26. The van der Waals surface area contributed by atoms with Crippen LogP contribution in [0.25, 0.3) is 0 Å². The topological polar surface area (TPSA) is 58.2 Å². The maximum absolute atomic E-state index is 11.2. The molecule has 1 atom stereocenters. The van der Waals surface area contributed by atoms with Crippen LogP contribution in [0.15, 0.2) is 30.3 Å². The molecule has 1 aromatic carbocycles. The molecule has 0 aliphatic carbocycles. The van der Waals surface area contributed by atoms with Gasteiger partial charge in [0.2, 0.25) is 0 Å². The molecule has 4 nitrogen and oxygen atoms in total. The fourth-order valence-electron chi connectivity index (χ4n) is 1.07. The molecule has 1 unspecified atom stereocenters. The summed E-state index contributed by atoms with van der Waals surface area (Å²) in [5.41, 5.74) is 1.02. The van der Waals surface area contributed by atoms with Crippen LogP contribution < -0.4 is 10.6 Å². The average molecular weight is 206 g/mol. The third-order valence-corrected chi connectivity index (χ3v) is 1.86. The van der Waals surface area contributed by atoms with Gasteiger partial charge in [-0.3, -0.25) is 0 Å². The van der Waals surface area contributed by atoms with Crippen molar-refractivity contribution in [3.63, 3.8) is 0 Å². The molecule has 0 radical (unpaired) electrons. The molecule has 0 heterocycles. The molecule has 0 saturated carbocycles. The number of aldehydes is 1. The van der Waals surface area contributed by atoms with Crippen molar-refractivity contribution in [3.05, 3.63) is 35.9 Å². The lowest BCUT2D eigenvalue weighted by atomic mass is 10.2. The Morgan fingerprint density at radius 2 is 2.07 bits per heavy atom. The molecule has 0 aliphatic rings. The molecule has 0 saturated heterocycles. The summed E-state index contributed by atoms with van der Waals surface area (Å²) in [6, 6.07) is 8.77. The van der Waals surface area contributed by atoms with Crippen LogP contribution in [0.4, 0.5) is 4.79 Å². The Balaban J connectivity index is 2.31. The zero-order chi connectivity index (χ0) is 11.1. The highest BCUT2D eigenvalue weighted by molar-refractivity contribution is 5.77. The Kier molecular flexibility index (Phi) is 4.34. The average Bonchev–Trinajstić information content (AvgIpc) is 2.27. The lowest BCUT2D eigenvalue weighted by Gasteiger charge is -2.09. The standard InChI is InChI=1S/C11H14N2O2/c1-9(8-14)13-11(15)12-7-10-5-3-2-4-6-10/h2-6,8-9H,7H2,1H3,(H2,12,13,15). The number of rotatable bonds is 4. The van der Waals surface area contributed by atoms with Gasteiger partial charge in [0.25, 0.3) is 0 Å². The molecule has 0 bridgehead atoms. The molecule has 2 amide bonds. The molecule has 1 aromatic rings.